The van der Waals surface area contributed by atoms with Crippen molar-refractivity contribution in [2.75, 3.05) is 7.11 Å². The molecule has 0 rings (SSSR count). The lowest BCUT2D eigenvalue weighted by Gasteiger charge is -2.08. The molecular formula is C16H31NO3. The van der Waals surface area contributed by atoms with Crippen LogP contribution in [0.4, 0.5) is 0 Å². The highest BCUT2D eigenvalue weighted by atomic mass is 16.5. The highest BCUT2D eigenvalue weighted by Crippen LogP contribution is 2.11. The molecule has 1 unspecified atom stereocenters. The van der Waals surface area contributed by atoms with Gasteiger partial charge in [0.1, 0.15) is 5.78 Å². The predicted octanol–water partition coefficient (Wildman–Crippen LogP) is 3.37. The zero-order chi connectivity index (χ0) is 15.2. The average Bonchev–Trinajstić information content (AvgIpc) is 2.45. The van der Waals surface area contributed by atoms with Crippen molar-refractivity contribution in [3.63, 3.8) is 0 Å². The highest BCUT2D eigenvalue weighted by Gasteiger charge is 2.17. The summed E-state index contributed by atoms with van der Waals surface area (Å²) in [6, 6.07) is -0.698. The van der Waals surface area contributed by atoms with Crippen molar-refractivity contribution < 1.29 is 14.3 Å². The molecule has 0 spiro atoms. The summed E-state index contributed by atoms with van der Waals surface area (Å²) in [7, 11) is 1.31. The van der Waals surface area contributed by atoms with E-state index in [1.807, 2.05) is 0 Å². The van der Waals surface area contributed by atoms with Crippen LogP contribution in [0.2, 0.25) is 0 Å². The molecular weight excluding hydrogens is 254 g/mol. The van der Waals surface area contributed by atoms with Gasteiger partial charge in [-0.1, -0.05) is 58.3 Å². The lowest BCUT2D eigenvalue weighted by atomic mass is 10.0. The summed E-state index contributed by atoms with van der Waals surface area (Å²) in [5.41, 5.74) is 5.65. The molecule has 0 aromatic carbocycles. The molecule has 0 aliphatic carbocycles. The Bertz CT molecular complexity index is 266. The number of nitrogens with two attached hydrogens (primary N) is 1. The van der Waals surface area contributed by atoms with E-state index in [1.54, 1.807) is 0 Å². The van der Waals surface area contributed by atoms with Gasteiger partial charge in [0.25, 0.3) is 0 Å². The molecule has 0 aromatic heterocycles. The highest BCUT2D eigenvalue weighted by molar-refractivity contribution is 5.87. The number of carbonyl (C=O) groups excluding carboxylic acids is 2. The summed E-state index contributed by atoms with van der Waals surface area (Å²) in [5, 5.41) is 0. The fraction of sp³-hybridized carbons (Fsp3) is 0.875. The van der Waals surface area contributed by atoms with E-state index in [0.717, 1.165) is 12.8 Å². The number of hydrogen-bond acceptors (Lipinski definition) is 4. The topological polar surface area (TPSA) is 69.4 Å². The van der Waals surface area contributed by atoms with Crippen molar-refractivity contribution in [3.05, 3.63) is 0 Å². The van der Waals surface area contributed by atoms with Gasteiger partial charge in [-0.25, -0.2) is 0 Å². The van der Waals surface area contributed by atoms with Crippen molar-refractivity contribution in [3.8, 4) is 0 Å². The van der Waals surface area contributed by atoms with Crippen LogP contribution < -0.4 is 5.73 Å². The third-order valence-corrected chi connectivity index (χ3v) is 3.55. The van der Waals surface area contributed by atoms with Crippen LogP contribution >= 0.6 is 0 Å². The van der Waals surface area contributed by atoms with E-state index in [9.17, 15) is 9.59 Å². The molecule has 0 amide bonds. The zero-order valence-corrected chi connectivity index (χ0v) is 13.2. The standard InChI is InChI=1S/C16H31NO3/c1-3-4-5-6-7-8-9-10-11-12-15(18)14(17)13-16(19)20-2/h14H,3-13,17H2,1-2H3. The van der Waals surface area contributed by atoms with Gasteiger partial charge in [-0.05, 0) is 6.42 Å². The van der Waals surface area contributed by atoms with Crippen molar-refractivity contribution in [2.45, 2.75) is 83.6 Å². The summed E-state index contributed by atoms with van der Waals surface area (Å²) in [6.07, 6.45) is 11.5. The minimum absolute atomic E-state index is 0.00718. The molecule has 1 atom stereocenters. The second-order valence-electron chi connectivity index (χ2n) is 5.43. The Hall–Kier alpha value is -0.900. The van der Waals surface area contributed by atoms with Crippen molar-refractivity contribution >= 4 is 11.8 Å². The Kier molecular flexibility index (Phi) is 12.5. The number of esters is 1. The second kappa shape index (κ2) is 13.1. The van der Waals surface area contributed by atoms with E-state index in [2.05, 4.69) is 11.7 Å². The summed E-state index contributed by atoms with van der Waals surface area (Å²) in [5.74, 6) is -0.448. The van der Waals surface area contributed by atoms with Crippen molar-refractivity contribution in [1.29, 1.82) is 0 Å². The molecule has 0 bridgehead atoms. The fourth-order valence-electron chi connectivity index (χ4n) is 2.17. The summed E-state index contributed by atoms with van der Waals surface area (Å²) in [6.45, 7) is 2.22. The van der Waals surface area contributed by atoms with Gasteiger partial charge >= 0.3 is 5.97 Å². The lowest BCUT2D eigenvalue weighted by molar-refractivity contribution is -0.142. The first kappa shape index (κ1) is 19.1. The third kappa shape index (κ3) is 11.0. The minimum Gasteiger partial charge on any atom is -0.469 e. The Morgan fingerprint density at radius 1 is 0.950 bits per heavy atom. The van der Waals surface area contributed by atoms with Crippen LogP contribution in [0, 0.1) is 0 Å². The summed E-state index contributed by atoms with van der Waals surface area (Å²) in [4.78, 5) is 22.7. The maximum atomic E-state index is 11.7. The van der Waals surface area contributed by atoms with Crippen LogP contribution in [0.15, 0.2) is 0 Å². The van der Waals surface area contributed by atoms with Crippen LogP contribution in [-0.2, 0) is 14.3 Å². The number of ketones is 1. The Morgan fingerprint density at radius 3 is 1.95 bits per heavy atom. The molecule has 4 nitrogen and oxygen atoms in total. The monoisotopic (exact) mass is 285 g/mol. The number of methoxy groups -OCH3 is 1. The van der Waals surface area contributed by atoms with Crippen LogP contribution in [0.25, 0.3) is 0 Å². The molecule has 2 N–H and O–H groups in total. The van der Waals surface area contributed by atoms with Gasteiger partial charge in [0.15, 0.2) is 0 Å². The SMILES string of the molecule is CCCCCCCCCCCC(=O)C(N)CC(=O)OC. The molecule has 0 aliphatic heterocycles. The third-order valence-electron chi connectivity index (χ3n) is 3.55. The lowest BCUT2D eigenvalue weighted by Crippen LogP contribution is -2.33. The number of carbonyl (C=O) groups is 2. The number of hydrogen-bond donors (Lipinski definition) is 1. The maximum Gasteiger partial charge on any atom is 0.307 e. The van der Waals surface area contributed by atoms with E-state index < -0.39 is 12.0 Å². The van der Waals surface area contributed by atoms with E-state index in [4.69, 9.17) is 5.73 Å². The van der Waals surface area contributed by atoms with Crippen LogP contribution in [0.5, 0.6) is 0 Å². The second-order valence-corrected chi connectivity index (χ2v) is 5.43. The van der Waals surface area contributed by atoms with E-state index in [-0.39, 0.29) is 12.2 Å². The molecule has 0 aromatic rings. The molecule has 0 saturated heterocycles. The Balaban J connectivity index is 3.41. The van der Waals surface area contributed by atoms with Crippen LogP contribution in [0.3, 0.4) is 0 Å². The molecule has 20 heavy (non-hydrogen) atoms. The minimum atomic E-state index is -0.698. The van der Waals surface area contributed by atoms with Gasteiger partial charge in [0, 0.05) is 6.42 Å². The first-order valence-corrected chi connectivity index (χ1v) is 7.97. The molecule has 118 valence electrons. The molecule has 0 radical (unpaired) electrons. The van der Waals surface area contributed by atoms with Crippen LogP contribution in [0.1, 0.15) is 77.6 Å². The van der Waals surface area contributed by atoms with Gasteiger partial charge < -0.3 is 10.5 Å². The largest absolute Gasteiger partial charge is 0.469 e. The van der Waals surface area contributed by atoms with Gasteiger partial charge in [-0.15, -0.1) is 0 Å². The quantitative estimate of drug-likeness (QED) is 0.416. The van der Waals surface area contributed by atoms with Gasteiger partial charge in [0.2, 0.25) is 0 Å². The van der Waals surface area contributed by atoms with E-state index in [1.165, 1.54) is 52.1 Å². The zero-order valence-electron chi connectivity index (χ0n) is 13.2. The van der Waals surface area contributed by atoms with Crippen molar-refractivity contribution in [1.82, 2.24) is 0 Å². The molecule has 4 heteroatoms. The number of unbranched alkanes of at least 4 members (excludes halogenated alkanes) is 8. The van der Waals surface area contributed by atoms with Gasteiger partial charge in [0.05, 0.1) is 19.6 Å². The van der Waals surface area contributed by atoms with Crippen LogP contribution in [-0.4, -0.2) is 24.9 Å². The first-order chi connectivity index (χ1) is 9.61. The predicted molar refractivity (Wildman–Crippen MR) is 81.5 cm³/mol. The molecule has 0 fully saturated rings. The normalized spacial score (nSPS) is 12.2. The fourth-order valence-corrected chi connectivity index (χ4v) is 2.17. The number of ether oxygens (including phenoxy) is 1. The summed E-state index contributed by atoms with van der Waals surface area (Å²) >= 11 is 0. The van der Waals surface area contributed by atoms with Gasteiger partial charge in [-0.3, -0.25) is 9.59 Å². The summed E-state index contributed by atoms with van der Waals surface area (Å²) < 4.78 is 4.50. The van der Waals surface area contributed by atoms with E-state index in [0.29, 0.717) is 6.42 Å². The average molecular weight is 285 g/mol. The van der Waals surface area contributed by atoms with Gasteiger partial charge in [-0.2, -0.15) is 0 Å². The Morgan fingerprint density at radius 2 is 1.45 bits per heavy atom. The molecule has 0 aliphatic rings. The van der Waals surface area contributed by atoms with Crippen molar-refractivity contribution in [2.24, 2.45) is 5.73 Å². The smallest absolute Gasteiger partial charge is 0.307 e. The Labute approximate surface area is 123 Å². The number of rotatable bonds is 13. The van der Waals surface area contributed by atoms with E-state index >= 15 is 0 Å². The maximum absolute atomic E-state index is 11.7. The number of Topliss-reactive ketones (excluding diaryl/α,β-unsaturated/α-hetero) is 1. The first-order valence-electron chi connectivity index (χ1n) is 7.97. The molecule has 0 saturated carbocycles. The molecule has 0 heterocycles.